The number of para-hydroxylation sites is 1. The minimum atomic E-state index is -0.0547. The van der Waals surface area contributed by atoms with Gasteiger partial charge in [-0.25, -0.2) is 15.0 Å². The van der Waals surface area contributed by atoms with Gasteiger partial charge in [0.1, 0.15) is 5.76 Å². The van der Waals surface area contributed by atoms with Crippen LogP contribution in [0.3, 0.4) is 0 Å². The largest absolute Gasteiger partial charge is 0.443 e. The molecule has 0 fully saturated rings. The minimum Gasteiger partial charge on any atom is -0.443 e. The molecule has 0 aliphatic heterocycles. The molecule has 0 spiro atoms. The molecule has 0 saturated heterocycles. The van der Waals surface area contributed by atoms with Gasteiger partial charge < -0.3 is 19.6 Å². The summed E-state index contributed by atoms with van der Waals surface area (Å²) in [6.07, 6.45) is 7.29. The van der Waals surface area contributed by atoms with Gasteiger partial charge in [0.05, 0.1) is 31.3 Å². The topological polar surface area (TPSA) is 80.3 Å². The average molecular weight is 380 g/mol. The summed E-state index contributed by atoms with van der Waals surface area (Å²) >= 11 is 0. The van der Waals surface area contributed by atoms with Crippen molar-refractivity contribution < 1.29 is 4.42 Å². The van der Waals surface area contributed by atoms with E-state index in [-0.39, 0.29) is 5.41 Å². The zero-order valence-corrected chi connectivity index (χ0v) is 16.9. The van der Waals surface area contributed by atoms with E-state index in [9.17, 15) is 0 Å². The van der Waals surface area contributed by atoms with Gasteiger partial charge in [0, 0.05) is 24.4 Å². The number of rotatable bonds is 6. The number of nitrogens with one attached hydrogen (secondary N) is 2. The predicted octanol–water partition coefficient (Wildman–Crippen LogP) is 3.41. The number of hydrogen-bond acceptors (Lipinski definition) is 4. The van der Waals surface area contributed by atoms with Crippen molar-refractivity contribution in [3.63, 3.8) is 0 Å². The molecule has 28 heavy (non-hydrogen) atoms. The lowest BCUT2D eigenvalue weighted by Crippen LogP contribution is -2.36. The van der Waals surface area contributed by atoms with Crippen LogP contribution in [0.5, 0.6) is 0 Å². The molecule has 3 rings (SSSR count). The van der Waals surface area contributed by atoms with Crippen LogP contribution in [-0.2, 0) is 18.5 Å². The van der Waals surface area contributed by atoms with Crippen molar-refractivity contribution in [2.75, 3.05) is 6.54 Å². The average Bonchev–Trinajstić information content (AvgIpc) is 3.35. The highest BCUT2D eigenvalue weighted by molar-refractivity contribution is 5.79. The second-order valence-corrected chi connectivity index (χ2v) is 7.52. The van der Waals surface area contributed by atoms with Gasteiger partial charge in [0.2, 0.25) is 5.89 Å². The van der Waals surface area contributed by atoms with Crippen LogP contribution in [-0.4, -0.2) is 27.0 Å². The summed E-state index contributed by atoms with van der Waals surface area (Å²) < 4.78 is 7.83. The Morgan fingerprint density at radius 1 is 1.21 bits per heavy atom. The van der Waals surface area contributed by atoms with Gasteiger partial charge in [-0.2, -0.15) is 0 Å². The van der Waals surface area contributed by atoms with E-state index >= 15 is 0 Å². The van der Waals surface area contributed by atoms with Gasteiger partial charge in [0.15, 0.2) is 5.96 Å². The summed E-state index contributed by atoms with van der Waals surface area (Å²) in [5.41, 5.74) is 2.13. The highest BCUT2D eigenvalue weighted by Crippen LogP contribution is 2.22. The van der Waals surface area contributed by atoms with E-state index in [4.69, 9.17) is 9.41 Å². The summed E-state index contributed by atoms with van der Waals surface area (Å²) in [6.45, 7) is 10.1. The Balaban J connectivity index is 1.69. The molecule has 0 bridgehead atoms. The quantitative estimate of drug-likeness (QED) is 0.506. The van der Waals surface area contributed by atoms with E-state index in [1.54, 1.807) is 18.7 Å². The molecular weight excluding hydrogens is 352 g/mol. The summed E-state index contributed by atoms with van der Waals surface area (Å²) in [4.78, 5) is 13.2. The zero-order valence-electron chi connectivity index (χ0n) is 16.9. The number of nitrogens with zero attached hydrogens (tertiary/aromatic N) is 4. The van der Waals surface area contributed by atoms with E-state index in [2.05, 4.69) is 53.5 Å². The Kier molecular flexibility index (Phi) is 6.13. The first kappa shape index (κ1) is 19.7. The van der Waals surface area contributed by atoms with Crippen molar-refractivity contribution in [1.82, 2.24) is 25.2 Å². The molecule has 2 heterocycles. The number of hydrogen-bond donors (Lipinski definition) is 2. The highest BCUT2D eigenvalue weighted by atomic mass is 16.4. The third-order valence-corrected chi connectivity index (χ3v) is 4.23. The SMILES string of the molecule is CCNC(=NCc1ccccc1-n1ccnc1)NCc1ncc(C(C)(C)C)o1. The molecule has 0 unspecified atom stereocenters. The maximum Gasteiger partial charge on any atom is 0.213 e. The maximum absolute atomic E-state index is 5.84. The molecule has 0 aliphatic rings. The van der Waals surface area contributed by atoms with E-state index in [1.165, 1.54) is 0 Å². The zero-order chi connectivity index (χ0) is 20.0. The van der Waals surface area contributed by atoms with Crippen molar-refractivity contribution in [2.24, 2.45) is 4.99 Å². The smallest absolute Gasteiger partial charge is 0.213 e. The maximum atomic E-state index is 5.84. The van der Waals surface area contributed by atoms with Gasteiger partial charge in [-0.1, -0.05) is 39.0 Å². The third-order valence-electron chi connectivity index (χ3n) is 4.23. The van der Waals surface area contributed by atoms with Crippen LogP contribution in [0.15, 0.2) is 58.6 Å². The Bertz CT molecular complexity index is 905. The number of aromatic nitrogens is 3. The molecule has 148 valence electrons. The second kappa shape index (κ2) is 8.73. The van der Waals surface area contributed by atoms with Crippen LogP contribution in [0.1, 0.15) is 44.9 Å². The van der Waals surface area contributed by atoms with E-state index in [0.29, 0.717) is 19.0 Å². The molecule has 0 saturated carbocycles. The molecule has 7 nitrogen and oxygen atoms in total. The van der Waals surface area contributed by atoms with Crippen LogP contribution in [0.4, 0.5) is 0 Å². The molecule has 0 amide bonds. The molecule has 0 aliphatic carbocycles. The van der Waals surface area contributed by atoms with Crippen molar-refractivity contribution in [2.45, 2.75) is 46.2 Å². The number of guanidine groups is 1. The molecule has 1 aromatic carbocycles. The minimum absolute atomic E-state index is 0.0547. The molecule has 0 atom stereocenters. The number of benzene rings is 1. The molecular formula is C21H28N6O. The summed E-state index contributed by atoms with van der Waals surface area (Å²) in [7, 11) is 0. The molecule has 2 aromatic heterocycles. The summed E-state index contributed by atoms with van der Waals surface area (Å²) in [6, 6.07) is 8.17. The first-order chi connectivity index (χ1) is 13.5. The van der Waals surface area contributed by atoms with Gasteiger partial charge in [0.25, 0.3) is 0 Å². The lowest BCUT2D eigenvalue weighted by atomic mass is 9.94. The van der Waals surface area contributed by atoms with Crippen LogP contribution >= 0.6 is 0 Å². The lowest BCUT2D eigenvalue weighted by molar-refractivity contribution is 0.379. The van der Waals surface area contributed by atoms with Crippen LogP contribution in [0.2, 0.25) is 0 Å². The van der Waals surface area contributed by atoms with Crippen molar-refractivity contribution in [1.29, 1.82) is 0 Å². The predicted molar refractivity (Wildman–Crippen MR) is 110 cm³/mol. The summed E-state index contributed by atoms with van der Waals surface area (Å²) in [5.74, 6) is 2.24. The van der Waals surface area contributed by atoms with Gasteiger partial charge in [-0.3, -0.25) is 0 Å². The van der Waals surface area contributed by atoms with Crippen molar-refractivity contribution in [3.05, 3.63) is 66.4 Å². The fourth-order valence-electron chi connectivity index (χ4n) is 2.70. The summed E-state index contributed by atoms with van der Waals surface area (Å²) in [5, 5.41) is 6.55. The first-order valence-electron chi connectivity index (χ1n) is 9.51. The van der Waals surface area contributed by atoms with Gasteiger partial charge in [-0.15, -0.1) is 0 Å². The molecule has 7 heteroatoms. The third kappa shape index (κ3) is 5.00. The Morgan fingerprint density at radius 2 is 2.04 bits per heavy atom. The van der Waals surface area contributed by atoms with Crippen LogP contribution in [0.25, 0.3) is 5.69 Å². The fourth-order valence-corrected chi connectivity index (χ4v) is 2.70. The number of oxazole rings is 1. The Hall–Kier alpha value is -3.09. The molecule has 0 radical (unpaired) electrons. The number of aliphatic imine (C=N–C) groups is 1. The van der Waals surface area contributed by atoms with Gasteiger partial charge in [-0.05, 0) is 18.6 Å². The van der Waals surface area contributed by atoms with Crippen molar-refractivity contribution >= 4 is 5.96 Å². The first-order valence-corrected chi connectivity index (χ1v) is 9.51. The van der Waals surface area contributed by atoms with Crippen LogP contribution in [0, 0.1) is 0 Å². The van der Waals surface area contributed by atoms with E-state index in [0.717, 1.165) is 29.5 Å². The van der Waals surface area contributed by atoms with Crippen LogP contribution < -0.4 is 10.6 Å². The monoisotopic (exact) mass is 380 g/mol. The molecule has 2 N–H and O–H groups in total. The number of imidazole rings is 1. The highest BCUT2D eigenvalue weighted by Gasteiger charge is 2.19. The van der Waals surface area contributed by atoms with E-state index < -0.39 is 0 Å². The van der Waals surface area contributed by atoms with Crippen molar-refractivity contribution in [3.8, 4) is 5.69 Å². The lowest BCUT2D eigenvalue weighted by Gasteiger charge is -2.13. The van der Waals surface area contributed by atoms with E-state index in [1.807, 2.05) is 29.8 Å². The van der Waals surface area contributed by atoms with Gasteiger partial charge >= 0.3 is 0 Å². The standard InChI is InChI=1S/C21H28N6O/c1-5-23-20(26-14-19-24-13-18(28-19)21(2,3)4)25-12-16-8-6-7-9-17(16)27-11-10-22-15-27/h6-11,13,15H,5,12,14H2,1-4H3,(H2,23,25,26). The second-order valence-electron chi connectivity index (χ2n) is 7.52. The Labute approximate surface area is 165 Å². The molecule has 3 aromatic rings. The fraction of sp³-hybridized carbons (Fsp3) is 0.381. The normalized spacial score (nSPS) is 12.2. The Morgan fingerprint density at radius 3 is 2.71 bits per heavy atom.